The number of hydrogen-bond donors (Lipinski definition) is 2. The minimum atomic E-state index is -0.794. The topological polar surface area (TPSA) is 82.5 Å². The third kappa shape index (κ3) is 2.46. The highest BCUT2D eigenvalue weighted by molar-refractivity contribution is 5.79. The molecule has 0 radical (unpaired) electrons. The van der Waals surface area contributed by atoms with E-state index in [1.807, 2.05) is 25.1 Å². The molecule has 2 N–H and O–H groups in total. The van der Waals surface area contributed by atoms with Crippen LogP contribution in [-0.2, 0) is 4.79 Å². The van der Waals surface area contributed by atoms with Gasteiger partial charge in [-0.1, -0.05) is 6.07 Å². The van der Waals surface area contributed by atoms with E-state index < -0.39 is 11.9 Å². The van der Waals surface area contributed by atoms with Gasteiger partial charge in [0.1, 0.15) is 0 Å². The van der Waals surface area contributed by atoms with Gasteiger partial charge in [0.2, 0.25) is 0 Å². The van der Waals surface area contributed by atoms with Gasteiger partial charge in [-0.3, -0.25) is 9.78 Å². The maximum absolute atomic E-state index is 12.5. The second-order valence-corrected chi connectivity index (χ2v) is 5.81. The number of carboxylic acids is 1. The Morgan fingerprint density at radius 3 is 2.86 bits per heavy atom. The minimum Gasteiger partial charge on any atom is -0.481 e. The summed E-state index contributed by atoms with van der Waals surface area (Å²) in [5.74, 6) is -1.21. The highest BCUT2D eigenvalue weighted by Crippen LogP contribution is 2.41. The lowest BCUT2D eigenvalue weighted by Crippen LogP contribution is -2.45. The molecule has 3 heterocycles. The molecular weight excluding hydrogens is 270 g/mol. The molecule has 2 fully saturated rings. The van der Waals surface area contributed by atoms with Crippen LogP contribution in [0, 0.1) is 5.92 Å². The summed E-state index contributed by atoms with van der Waals surface area (Å²) >= 11 is 0. The lowest BCUT2D eigenvalue weighted by atomic mass is 9.89. The molecule has 2 aliphatic heterocycles. The van der Waals surface area contributed by atoms with Crippen molar-refractivity contribution in [2.24, 2.45) is 5.92 Å². The Labute approximate surface area is 123 Å². The fourth-order valence-corrected chi connectivity index (χ4v) is 3.54. The molecule has 2 bridgehead atoms. The number of aromatic nitrogens is 1. The number of fused-ring (bicyclic) bond motifs is 2. The highest BCUT2D eigenvalue weighted by Gasteiger charge is 2.51. The number of hydrogen-bond acceptors (Lipinski definition) is 3. The number of nitrogens with one attached hydrogen (secondary N) is 1. The molecule has 0 spiro atoms. The number of amides is 2. The maximum atomic E-state index is 12.5. The molecule has 6 nitrogen and oxygen atoms in total. The van der Waals surface area contributed by atoms with Crippen LogP contribution in [0.15, 0.2) is 24.4 Å². The van der Waals surface area contributed by atoms with E-state index in [9.17, 15) is 14.7 Å². The van der Waals surface area contributed by atoms with Gasteiger partial charge in [-0.05, 0) is 38.3 Å². The summed E-state index contributed by atoms with van der Waals surface area (Å²) in [7, 11) is 0. The van der Waals surface area contributed by atoms with Gasteiger partial charge in [0.15, 0.2) is 0 Å². The first-order valence-electron chi connectivity index (χ1n) is 7.30. The van der Waals surface area contributed by atoms with Crippen LogP contribution < -0.4 is 5.32 Å². The molecule has 1 aromatic heterocycles. The molecule has 0 aliphatic carbocycles. The summed E-state index contributed by atoms with van der Waals surface area (Å²) in [5, 5.41) is 12.2. The molecule has 3 rings (SSSR count). The second kappa shape index (κ2) is 5.35. The fraction of sp³-hybridized carbons (Fsp3) is 0.533. The van der Waals surface area contributed by atoms with Crippen LogP contribution >= 0.6 is 0 Å². The third-order valence-corrected chi connectivity index (χ3v) is 4.56. The average molecular weight is 289 g/mol. The van der Waals surface area contributed by atoms with Crippen molar-refractivity contribution in [1.29, 1.82) is 0 Å². The smallest absolute Gasteiger partial charge is 0.318 e. The fourth-order valence-electron chi connectivity index (χ4n) is 3.54. The third-order valence-electron chi connectivity index (χ3n) is 4.56. The molecule has 21 heavy (non-hydrogen) atoms. The highest BCUT2D eigenvalue weighted by atomic mass is 16.4. The van der Waals surface area contributed by atoms with Gasteiger partial charge < -0.3 is 15.3 Å². The lowest BCUT2D eigenvalue weighted by Gasteiger charge is -2.25. The molecular formula is C15H19N3O3. The normalized spacial score (nSPS) is 28.4. The summed E-state index contributed by atoms with van der Waals surface area (Å²) in [4.78, 5) is 29.6. The quantitative estimate of drug-likeness (QED) is 0.888. The van der Waals surface area contributed by atoms with E-state index in [1.165, 1.54) is 0 Å². The predicted molar refractivity (Wildman–Crippen MR) is 75.6 cm³/mol. The van der Waals surface area contributed by atoms with Crippen LogP contribution in [0.2, 0.25) is 0 Å². The van der Waals surface area contributed by atoms with Gasteiger partial charge in [-0.15, -0.1) is 0 Å². The molecule has 0 saturated carbocycles. The van der Waals surface area contributed by atoms with Crippen LogP contribution in [0.1, 0.15) is 37.9 Å². The summed E-state index contributed by atoms with van der Waals surface area (Å²) in [6.45, 7) is 1.88. The summed E-state index contributed by atoms with van der Waals surface area (Å²) in [5.41, 5.74) is 0.798. The van der Waals surface area contributed by atoms with Crippen LogP contribution in [0.3, 0.4) is 0 Å². The van der Waals surface area contributed by atoms with Crippen molar-refractivity contribution in [3.63, 3.8) is 0 Å². The Bertz CT molecular complexity index is 548. The van der Waals surface area contributed by atoms with Gasteiger partial charge in [0.25, 0.3) is 0 Å². The van der Waals surface area contributed by atoms with Crippen molar-refractivity contribution >= 4 is 12.0 Å². The predicted octanol–water partition coefficient (Wildman–Crippen LogP) is 1.79. The Balaban J connectivity index is 1.68. The van der Waals surface area contributed by atoms with Crippen LogP contribution in [-0.4, -0.2) is 39.1 Å². The molecule has 1 aromatic rings. The molecule has 4 atom stereocenters. The number of nitrogens with zero attached hydrogens (tertiary/aromatic N) is 2. The Kier molecular flexibility index (Phi) is 3.53. The molecule has 6 heteroatoms. The molecule has 2 saturated heterocycles. The lowest BCUT2D eigenvalue weighted by molar-refractivity contribution is -0.142. The number of carbonyl (C=O) groups is 2. The van der Waals surface area contributed by atoms with Gasteiger partial charge in [0.05, 0.1) is 17.7 Å². The first-order chi connectivity index (χ1) is 10.1. The number of carbonyl (C=O) groups excluding carboxylic acids is 1. The zero-order valence-electron chi connectivity index (χ0n) is 11.9. The van der Waals surface area contributed by atoms with Crippen molar-refractivity contribution in [2.45, 2.75) is 44.3 Å². The number of rotatable bonds is 3. The van der Waals surface area contributed by atoms with Crippen LogP contribution in [0.25, 0.3) is 0 Å². The summed E-state index contributed by atoms with van der Waals surface area (Å²) in [6.07, 6.45) is 3.95. The van der Waals surface area contributed by atoms with Crippen molar-refractivity contribution in [2.75, 3.05) is 0 Å². The Morgan fingerprint density at radius 1 is 1.43 bits per heavy atom. The van der Waals surface area contributed by atoms with Crippen LogP contribution in [0.4, 0.5) is 4.79 Å². The monoisotopic (exact) mass is 289 g/mol. The largest absolute Gasteiger partial charge is 0.481 e. The van der Waals surface area contributed by atoms with Crippen molar-refractivity contribution in [3.05, 3.63) is 30.1 Å². The molecule has 0 aromatic carbocycles. The van der Waals surface area contributed by atoms with Gasteiger partial charge in [-0.2, -0.15) is 0 Å². The van der Waals surface area contributed by atoms with E-state index >= 15 is 0 Å². The standard InChI is InChI=1S/C15H19N3O3/c1-9(12-4-2-3-7-16-12)17-15(21)18-10-5-6-13(18)11(8-10)14(19)20/h2-4,7,9-11,13H,5-6,8H2,1H3,(H,17,21)(H,19,20). The average Bonchev–Trinajstić information content (AvgIpc) is 3.05. The van der Waals surface area contributed by atoms with Crippen molar-refractivity contribution < 1.29 is 14.7 Å². The number of urea groups is 1. The van der Waals surface area contributed by atoms with E-state index in [0.29, 0.717) is 6.42 Å². The van der Waals surface area contributed by atoms with E-state index in [0.717, 1.165) is 18.5 Å². The van der Waals surface area contributed by atoms with Crippen molar-refractivity contribution in [1.82, 2.24) is 15.2 Å². The van der Waals surface area contributed by atoms with E-state index in [-0.39, 0.29) is 24.2 Å². The van der Waals surface area contributed by atoms with Gasteiger partial charge >= 0.3 is 12.0 Å². The second-order valence-electron chi connectivity index (χ2n) is 5.81. The van der Waals surface area contributed by atoms with E-state index in [4.69, 9.17) is 0 Å². The number of aliphatic carboxylic acids is 1. The summed E-state index contributed by atoms with van der Waals surface area (Å²) in [6, 6.07) is 5.10. The molecule has 2 aliphatic rings. The molecule has 4 unspecified atom stereocenters. The van der Waals surface area contributed by atoms with Gasteiger partial charge in [0, 0.05) is 18.3 Å². The zero-order chi connectivity index (χ0) is 15.0. The zero-order valence-corrected chi connectivity index (χ0v) is 11.9. The van der Waals surface area contributed by atoms with E-state index in [2.05, 4.69) is 10.3 Å². The molecule has 2 amide bonds. The maximum Gasteiger partial charge on any atom is 0.318 e. The molecule has 112 valence electrons. The SMILES string of the molecule is CC(NC(=O)N1C2CCC1C(C(=O)O)C2)c1ccccn1. The van der Waals surface area contributed by atoms with E-state index in [1.54, 1.807) is 11.1 Å². The first-order valence-corrected chi connectivity index (χ1v) is 7.30. The first kappa shape index (κ1) is 13.9. The summed E-state index contributed by atoms with van der Waals surface area (Å²) < 4.78 is 0. The van der Waals surface area contributed by atoms with Gasteiger partial charge in [-0.25, -0.2) is 4.79 Å². The van der Waals surface area contributed by atoms with Crippen LogP contribution in [0.5, 0.6) is 0 Å². The number of pyridine rings is 1. The Morgan fingerprint density at radius 2 is 2.24 bits per heavy atom. The van der Waals surface area contributed by atoms with Crippen molar-refractivity contribution in [3.8, 4) is 0 Å². The Hall–Kier alpha value is -2.11. The minimum absolute atomic E-state index is 0.0621. The number of carboxylic acid groups (broad SMARTS) is 1.